The van der Waals surface area contributed by atoms with E-state index in [1.54, 1.807) is 109 Å². The van der Waals surface area contributed by atoms with Crippen LogP contribution in [0.25, 0.3) is 0 Å². The molecular weight excluding hydrogens is 1070 g/mol. The zero-order valence-electron chi connectivity index (χ0n) is 46.9. The average Bonchev–Trinajstić information content (AvgIpc) is 3.49. The van der Waals surface area contributed by atoms with Gasteiger partial charge in [0.2, 0.25) is 0 Å². The maximum absolute atomic E-state index is 9.58. The minimum absolute atomic E-state index is 0.143. The van der Waals surface area contributed by atoms with Gasteiger partial charge in [0.15, 0.2) is 0 Å². The fourth-order valence-corrected chi connectivity index (χ4v) is 7.90. The van der Waals surface area contributed by atoms with Crippen LogP contribution in [-0.2, 0) is 49.1 Å². The average molecular weight is 1160 g/mol. The summed E-state index contributed by atoms with van der Waals surface area (Å²) in [7, 11) is -7.73. The molecule has 0 aliphatic rings. The molecule has 0 heterocycles. The van der Waals surface area contributed by atoms with E-state index in [1.807, 2.05) is 12.1 Å². The third-order valence-corrected chi connectivity index (χ3v) is 12.6. The van der Waals surface area contributed by atoms with Crippen LogP contribution >= 0.6 is 0 Å². The van der Waals surface area contributed by atoms with Crippen LogP contribution in [0.2, 0.25) is 0 Å². The van der Waals surface area contributed by atoms with E-state index in [-0.39, 0.29) is 39.6 Å². The van der Waals surface area contributed by atoms with E-state index in [4.69, 9.17) is 42.6 Å². The molecule has 5 rings (SSSR count). The number of hydrogen-bond donors (Lipinski definition) is 14. The highest BCUT2D eigenvalue weighted by molar-refractivity contribution is 6.60. The minimum atomic E-state index is -1.57. The van der Waals surface area contributed by atoms with Gasteiger partial charge in [-0.25, -0.2) is 0 Å². The summed E-state index contributed by atoms with van der Waals surface area (Å²) in [6.45, 7) is 6.45. The van der Waals surface area contributed by atoms with Gasteiger partial charge in [-0.05, 0) is 101 Å². The Morgan fingerprint density at radius 3 is 0.855 bits per heavy atom. The third kappa shape index (κ3) is 29.5. The highest BCUT2D eigenvalue weighted by Crippen LogP contribution is 2.10. The van der Waals surface area contributed by atoms with E-state index in [1.165, 1.54) is 0 Å². The summed E-state index contributed by atoms with van der Waals surface area (Å²) in [6, 6.07) is 34.1. The monoisotopic (exact) mass is 1160 g/mol. The molecule has 5 aromatic rings. The first-order valence-corrected chi connectivity index (χ1v) is 27.9. The maximum Gasteiger partial charge on any atom is 0.488 e. The smallest absolute Gasteiger partial charge is 0.423 e. The van der Waals surface area contributed by atoms with Crippen molar-refractivity contribution in [2.24, 2.45) is 0 Å². The third-order valence-electron chi connectivity index (χ3n) is 12.6. The molecule has 28 heteroatoms. The van der Waals surface area contributed by atoms with Gasteiger partial charge in [0.05, 0.1) is 85.9 Å². The van der Waals surface area contributed by atoms with E-state index >= 15 is 0 Å². The Kier molecular flexibility index (Phi) is 33.9. The zero-order valence-corrected chi connectivity index (χ0v) is 46.9. The summed E-state index contributed by atoms with van der Waals surface area (Å²) in [6.07, 6.45) is 0.386. The standard InChI is InChI=1S/C55H81B5N4O19/c65-56(66)44-5-3-43(4-6-44)23-30-83-55(41-79-39-53(81-28-1-24-61-49-15-7-45(8-16-49)57(67)68)37-77-35-33-75-31-26-63-51-19-11-47(12-20-51)59(71)72)42-80-40-54(82-29-2-25-62-50-17-9-46(10-18-50)58(69)70)38-78-36-34-76-32-27-64-52-21-13-48(14-22-52)60(73)74/h3-22,53-55,61-74H,1-2,23-42H2. The van der Waals surface area contributed by atoms with Gasteiger partial charge in [-0.15, -0.1) is 0 Å². The zero-order chi connectivity index (χ0) is 59.3. The normalized spacial score (nSPS) is 12.4. The van der Waals surface area contributed by atoms with Crippen LogP contribution in [-0.4, -0.2) is 229 Å². The van der Waals surface area contributed by atoms with Gasteiger partial charge in [0.1, 0.15) is 18.3 Å². The van der Waals surface area contributed by atoms with Crippen molar-refractivity contribution in [2.75, 3.05) is 147 Å². The number of nitrogens with one attached hydrogen (secondary N) is 4. The quantitative estimate of drug-likeness (QED) is 0.0137. The highest BCUT2D eigenvalue weighted by Gasteiger charge is 2.19. The Bertz CT molecular complexity index is 2270. The molecule has 0 saturated heterocycles. The van der Waals surface area contributed by atoms with E-state index < -0.39 is 53.9 Å². The van der Waals surface area contributed by atoms with Gasteiger partial charge in [0.25, 0.3) is 0 Å². The molecule has 0 saturated carbocycles. The Hall–Kier alpha value is -5.14. The van der Waals surface area contributed by atoms with Gasteiger partial charge in [0, 0.05) is 62.1 Å². The predicted molar refractivity (Wildman–Crippen MR) is 322 cm³/mol. The van der Waals surface area contributed by atoms with Crippen LogP contribution in [0.15, 0.2) is 121 Å². The van der Waals surface area contributed by atoms with Gasteiger partial charge in [-0.1, -0.05) is 72.8 Å². The van der Waals surface area contributed by atoms with E-state index in [0.717, 1.165) is 28.3 Å². The summed E-state index contributed by atoms with van der Waals surface area (Å²) in [5, 5.41) is 107. The van der Waals surface area contributed by atoms with E-state index in [9.17, 15) is 50.2 Å². The lowest BCUT2D eigenvalue weighted by atomic mass is 9.80. The molecule has 0 bridgehead atoms. The van der Waals surface area contributed by atoms with Crippen LogP contribution in [0.4, 0.5) is 22.7 Å². The molecule has 2 unspecified atom stereocenters. The second-order valence-electron chi connectivity index (χ2n) is 19.2. The molecule has 5 aromatic carbocycles. The van der Waals surface area contributed by atoms with Crippen molar-refractivity contribution in [1.82, 2.24) is 0 Å². The fraction of sp³-hybridized carbons (Fsp3) is 0.455. The molecule has 0 fully saturated rings. The molecule has 83 heavy (non-hydrogen) atoms. The summed E-state index contributed by atoms with van der Waals surface area (Å²) in [5.41, 5.74) is 6.18. The van der Waals surface area contributed by atoms with Gasteiger partial charge < -0.3 is 114 Å². The first kappa shape index (κ1) is 68.6. The molecule has 2 atom stereocenters. The van der Waals surface area contributed by atoms with Crippen LogP contribution in [0.3, 0.4) is 0 Å². The molecule has 0 aromatic heterocycles. The first-order valence-electron chi connectivity index (χ1n) is 27.9. The van der Waals surface area contributed by atoms with Gasteiger partial charge in [-0.3, -0.25) is 0 Å². The lowest BCUT2D eigenvalue weighted by molar-refractivity contribution is -0.110. The van der Waals surface area contributed by atoms with E-state index in [0.29, 0.717) is 132 Å². The van der Waals surface area contributed by atoms with Crippen LogP contribution < -0.4 is 48.6 Å². The summed E-state index contributed by atoms with van der Waals surface area (Å²) in [5.74, 6) is 0. The molecule has 0 aliphatic heterocycles. The molecule has 0 radical (unpaired) electrons. The number of rotatable bonds is 47. The van der Waals surface area contributed by atoms with Crippen molar-refractivity contribution in [3.63, 3.8) is 0 Å². The van der Waals surface area contributed by atoms with E-state index in [2.05, 4.69) is 21.3 Å². The molecule has 0 amide bonds. The minimum Gasteiger partial charge on any atom is -0.423 e. The maximum atomic E-state index is 9.58. The highest BCUT2D eigenvalue weighted by atomic mass is 16.6. The van der Waals surface area contributed by atoms with Gasteiger partial charge in [-0.2, -0.15) is 0 Å². The number of hydrogen-bond acceptors (Lipinski definition) is 23. The van der Waals surface area contributed by atoms with Crippen molar-refractivity contribution in [2.45, 2.75) is 37.6 Å². The number of benzene rings is 5. The lowest BCUT2D eigenvalue weighted by Crippen LogP contribution is -2.34. The lowest BCUT2D eigenvalue weighted by Gasteiger charge is -2.23. The number of anilines is 4. The van der Waals surface area contributed by atoms with Crippen LogP contribution in [0, 0.1) is 0 Å². The summed E-state index contributed by atoms with van der Waals surface area (Å²) in [4.78, 5) is 0. The predicted octanol–water partition coefficient (Wildman–Crippen LogP) is -2.89. The second kappa shape index (κ2) is 41.0. The summed E-state index contributed by atoms with van der Waals surface area (Å²) >= 11 is 0. The largest absolute Gasteiger partial charge is 0.488 e. The van der Waals surface area contributed by atoms with Crippen LogP contribution in [0.1, 0.15) is 18.4 Å². The topological polar surface area (TPSA) is 333 Å². The molecular formula is C55H81B5N4O19. The Morgan fingerprint density at radius 1 is 0.277 bits per heavy atom. The van der Waals surface area contributed by atoms with Crippen molar-refractivity contribution >= 4 is 85.7 Å². The Morgan fingerprint density at radius 2 is 0.542 bits per heavy atom. The van der Waals surface area contributed by atoms with Crippen LogP contribution in [0.5, 0.6) is 0 Å². The van der Waals surface area contributed by atoms with Gasteiger partial charge >= 0.3 is 35.6 Å². The molecule has 0 aliphatic carbocycles. The Balaban J connectivity index is 1.13. The van der Waals surface area contributed by atoms with Crippen molar-refractivity contribution in [3.8, 4) is 0 Å². The fourth-order valence-electron chi connectivity index (χ4n) is 7.90. The molecule has 0 spiro atoms. The Labute approximate surface area is 487 Å². The summed E-state index contributed by atoms with van der Waals surface area (Å²) < 4.78 is 55.0. The van der Waals surface area contributed by atoms with Crippen molar-refractivity contribution in [3.05, 3.63) is 127 Å². The molecule has 23 nitrogen and oxygen atoms in total. The first-order chi connectivity index (χ1) is 40.3. The SMILES string of the molecule is OB(O)c1ccc(CCOC(COCC(COCCOCCNc2ccc(B(O)O)cc2)OCCCNc2ccc(B(O)O)cc2)COCC(COCCOCCNc2ccc(B(O)O)cc2)OCCCNc2ccc(B(O)O)cc2)cc1. The second-order valence-corrected chi connectivity index (χ2v) is 19.2. The number of ether oxygens (including phenoxy) is 9. The molecule has 450 valence electrons. The van der Waals surface area contributed by atoms with Crippen molar-refractivity contribution in [1.29, 1.82) is 0 Å². The van der Waals surface area contributed by atoms with Crippen molar-refractivity contribution < 1.29 is 92.9 Å². The molecule has 14 N–H and O–H groups in total.